The number of hydrogen-bond donors (Lipinski definition) is 1. The van der Waals surface area contributed by atoms with Crippen LogP contribution in [0.1, 0.15) is 25.0 Å². The van der Waals surface area contributed by atoms with E-state index in [2.05, 4.69) is 4.72 Å². The molecule has 2 aromatic rings. The summed E-state index contributed by atoms with van der Waals surface area (Å²) in [6.45, 7) is 5.63. The topological polar surface area (TPSA) is 75.7 Å². The average Bonchev–Trinajstić information content (AvgIpc) is 2.76. The summed E-state index contributed by atoms with van der Waals surface area (Å²) < 4.78 is 32.9. The molecule has 1 amide bonds. The van der Waals surface area contributed by atoms with E-state index in [9.17, 15) is 13.2 Å². The smallest absolute Gasteiger partial charge is 0.236 e. The maximum absolute atomic E-state index is 12.5. The number of rotatable bonds is 6. The summed E-state index contributed by atoms with van der Waals surface area (Å²) in [5, 5.41) is 0. The lowest BCUT2D eigenvalue weighted by atomic mass is 9.85. The summed E-state index contributed by atoms with van der Waals surface area (Å²) >= 11 is 0. The van der Waals surface area contributed by atoms with Crippen LogP contribution in [0, 0.1) is 6.92 Å². The molecule has 0 aliphatic carbocycles. The lowest BCUT2D eigenvalue weighted by Gasteiger charge is -2.17. The third-order valence-corrected chi connectivity index (χ3v) is 6.04. The van der Waals surface area contributed by atoms with Crippen LogP contribution in [0.25, 0.3) is 0 Å². The molecule has 0 atom stereocenters. The van der Waals surface area contributed by atoms with E-state index < -0.39 is 15.4 Å². The number of sulfonamides is 1. The number of anilines is 2. The van der Waals surface area contributed by atoms with Gasteiger partial charge in [-0.25, -0.2) is 8.42 Å². The van der Waals surface area contributed by atoms with Gasteiger partial charge < -0.3 is 9.64 Å². The number of para-hydroxylation sites is 1. The number of carbonyl (C=O) groups is 1. The Morgan fingerprint density at radius 2 is 1.81 bits per heavy atom. The van der Waals surface area contributed by atoms with E-state index in [1.807, 2.05) is 39.0 Å². The van der Waals surface area contributed by atoms with Crippen LogP contribution in [0.4, 0.5) is 11.4 Å². The Bertz CT molecular complexity index is 969. The number of benzene rings is 2. The number of fused-ring (bicyclic) bond motifs is 1. The van der Waals surface area contributed by atoms with Gasteiger partial charge in [0.2, 0.25) is 15.9 Å². The Morgan fingerprint density at radius 1 is 1.15 bits per heavy atom. The van der Waals surface area contributed by atoms with Gasteiger partial charge in [-0.2, -0.15) is 0 Å². The monoisotopic (exact) mass is 388 g/mol. The molecule has 1 heterocycles. The third kappa shape index (κ3) is 3.78. The highest BCUT2D eigenvalue weighted by atomic mass is 32.2. The summed E-state index contributed by atoms with van der Waals surface area (Å²) in [4.78, 5) is 14.1. The first kappa shape index (κ1) is 19.2. The Kier molecular flexibility index (Phi) is 4.90. The van der Waals surface area contributed by atoms with E-state index in [0.29, 0.717) is 11.4 Å². The Morgan fingerprint density at radius 3 is 2.48 bits per heavy atom. The molecule has 7 heteroatoms. The van der Waals surface area contributed by atoms with Gasteiger partial charge in [-0.3, -0.25) is 9.52 Å². The molecule has 0 bridgehead atoms. The number of nitrogens with zero attached hydrogens (tertiary/aromatic N) is 1. The van der Waals surface area contributed by atoms with Gasteiger partial charge in [-0.05, 0) is 56.2 Å². The van der Waals surface area contributed by atoms with E-state index in [0.717, 1.165) is 16.8 Å². The summed E-state index contributed by atoms with van der Waals surface area (Å²) in [5.74, 6) is 0.460. The number of aryl methyl sites for hydroxylation is 1. The number of hydrogen-bond acceptors (Lipinski definition) is 4. The van der Waals surface area contributed by atoms with Crippen molar-refractivity contribution >= 4 is 27.3 Å². The second kappa shape index (κ2) is 6.88. The molecule has 6 nitrogen and oxygen atoms in total. The zero-order valence-corrected chi connectivity index (χ0v) is 16.8. The van der Waals surface area contributed by atoms with E-state index in [1.165, 1.54) is 0 Å². The van der Waals surface area contributed by atoms with Crippen LogP contribution >= 0.6 is 0 Å². The maximum Gasteiger partial charge on any atom is 0.236 e. The minimum absolute atomic E-state index is 0.00290. The minimum Gasteiger partial charge on any atom is -0.492 e. The van der Waals surface area contributed by atoms with Crippen molar-refractivity contribution in [2.75, 3.05) is 29.0 Å². The van der Waals surface area contributed by atoms with Crippen molar-refractivity contribution < 1.29 is 17.9 Å². The Hall–Kier alpha value is -2.54. The molecule has 1 aliphatic rings. The largest absolute Gasteiger partial charge is 0.492 e. The third-order valence-electron chi connectivity index (χ3n) is 4.79. The molecule has 1 aliphatic heterocycles. The molecule has 0 unspecified atom stereocenters. The highest BCUT2D eigenvalue weighted by Crippen LogP contribution is 2.44. The molecule has 144 valence electrons. The van der Waals surface area contributed by atoms with Crippen molar-refractivity contribution in [2.24, 2.45) is 0 Å². The van der Waals surface area contributed by atoms with Crippen LogP contribution in [0.3, 0.4) is 0 Å². The molecule has 0 saturated carbocycles. The Balaban J connectivity index is 1.75. The maximum atomic E-state index is 12.5. The number of amides is 1. The highest BCUT2D eigenvalue weighted by Gasteiger charge is 2.43. The van der Waals surface area contributed by atoms with E-state index in [4.69, 9.17) is 4.74 Å². The van der Waals surface area contributed by atoms with Crippen molar-refractivity contribution in [3.8, 4) is 5.75 Å². The molecule has 0 radical (unpaired) electrons. The van der Waals surface area contributed by atoms with Gasteiger partial charge in [-0.15, -0.1) is 0 Å². The van der Waals surface area contributed by atoms with Crippen LogP contribution in [0.15, 0.2) is 42.5 Å². The van der Waals surface area contributed by atoms with Gasteiger partial charge in [0, 0.05) is 12.7 Å². The van der Waals surface area contributed by atoms with E-state index in [1.54, 1.807) is 36.2 Å². The lowest BCUT2D eigenvalue weighted by Crippen LogP contribution is -2.33. The molecule has 27 heavy (non-hydrogen) atoms. The van der Waals surface area contributed by atoms with Crippen LogP contribution in [0.2, 0.25) is 0 Å². The fraction of sp³-hybridized carbons (Fsp3) is 0.350. The molecule has 0 spiro atoms. The van der Waals surface area contributed by atoms with Crippen molar-refractivity contribution in [2.45, 2.75) is 26.2 Å². The fourth-order valence-corrected chi connectivity index (χ4v) is 4.29. The molecule has 2 aromatic carbocycles. The van der Waals surface area contributed by atoms with Crippen LogP contribution in [0.5, 0.6) is 5.75 Å². The summed E-state index contributed by atoms with van der Waals surface area (Å²) in [5.41, 5.74) is 2.30. The first-order chi connectivity index (χ1) is 12.6. The van der Waals surface area contributed by atoms with Gasteiger partial charge in [0.25, 0.3) is 0 Å². The van der Waals surface area contributed by atoms with Crippen molar-refractivity contribution in [1.29, 1.82) is 0 Å². The second-order valence-corrected chi connectivity index (χ2v) is 9.10. The lowest BCUT2D eigenvalue weighted by molar-refractivity contribution is -0.121. The molecular formula is C20H24N2O4S. The molecule has 0 fully saturated rings. The zero-order valence-electron chi connectivity index (χ0n) is 15.9. The predicted octanol–water partition coefficient (Wildman–Crippen LogP) is 3.07. The predicted molar refractivity (Wildman–Crippen MR) is 107 cm³/mol. The zero-order chi connectivity index (χ0) is 19.8. The van der Waals surface area contributed by atoms with Gasteiger partial charge in [0.1, 0.15) is 18.1 Å². The Labute approximate surface area is 160 Å². The fourth-order valence-electron chi connectivity index (χ4n) is 3.41. The molecule has 1 N–H and O–H groups in total. The quantitative estimate of drug-likeness (QED) is 0.825. The van der Waals surface area contributed by atoms with Gasteiger partial charge in [-0.1, -0.05) is 18.2 Å². The summed E-state index contributed by atoms with van der Waals surface area (Å²) in [7, 11) is -1.83. The van der Waals surface area contributed by atoms with Crippen LogP contribution < -0.4 is 14.4 Å². The number of nitrogens with one attached hydrogen (secondary N) is 1. The molecule has 3 rings (SSSR count). The highest BCUT2D eigenvalue weighted by molar-refractivity contribution is 7.92. The van der Waals surface area contributed by atoms with Crippen molar-refractivity contribution in [3.63, 3.8) is 0 Å². The molecule has 0 saturated heterocycles. The second-order valence-electron chi connectivity index (χ2n) is 7.26. The van der Waals surface area contributed by atoms with Crippen molar-refractivity contribution in [1.82, 2.24) is 0 Å². The number of carbonyl (C=O) groups excluding carboxylic acids is 1. The average molecular weight is 388 g/mol. The number of likely N-dealkylation sites (N-methyl/N-ethyl adjacent to an activating group) is 1. The van der Waals surface area contributed by atoms with Crippen molar-refractivity contribution in [3.05, 3.63) is 53.6 Å². The first-order valence-electron chi connectivity index (χ1n) is 8.73. The van der Waals surface area contributed by atoms with Gasteiger partial charge in [0.15, 0.2) is 0 Å². The first-order valence-corrected chi connectivity index (χ1v) is 10.4. The van der Waals surface area contributed by atoms with E-state index in [-0.39, 0.29) is 18.3 Å². The molecule has 0 aromatic heterocycles. The summed E-state index contributed by atoms with van der Waals surface area (Å²) in [6, 6.07) is 12.6. The standard InChI is InChI=1S/C20H24N2O4S/c1-14-12-15(13-17-18(14)22(4)19(23)20(17,2)3)21-27(24,25)11-10-26-16-8-6-5-7-9-16/h5-9,12-13,21H,10-11H2,1-4H3. The SMILES string of the molecule is Cc1cc(NS(=O)(=O)CCOc2ccccc2)cc2c1N(C)C(=O)C2(C)C. The summed E-state index contributed by atoms with van der Waals surface area (Å²) in [6.07, 6.45) is 0. The normalized spacial score (nSPS) is 15.6. The van der Waals surface area contributed by atoms with Crippen LogP contribution in [-0.2, 0) is 20.2 Å². The number of ether oxygens (including phenoxy) is 1. The van der Waals surface area contributed by atoms with E-state index >= 15 is 0 Å². The van der Waals surface area contributed by atoms with Gasteiger partial charge in [0.05, 0.1) is 11.1 Å². The van der Waals surface area contributed by atoms with Gasteiger partial charge >= 0.3 is 0 Å². The minimum atomic E-state index is -3.58. The molecular weight excluding hydrogens is 364 g/mol. The van der Waals surface area contributed by atoms with Crippen LogP contribution in [-0.4, -0.2) is 33.7 Å².